The van der Waals surface area contributed by atoms with E-state index in [0.29, 0.717) is 5.75 Å². The van der Waals surface area contributed by atoms with E-state index < -0.39 is 23.7 Å². The molecule has 2 atom stereocenters. The highest BCUT2D eigenvalue weighted by molar-refractivity contribution is 14.1. The predicted molar refractivity (Wildman–Crippen MR) is 60.5 cm³/mol. The summed E-state index contributed by atoms with van der Waals surface area (Å²) in [6.45, 7) is 1.25. The van der Waals surface area contributed by atoms with Gasteiger partial charge in [-0.2, -0.15) is 0 Å². The summed E-state index contributed by atoms with van der Waals surface area (Å²) in [4.78, 5) is 22.7. The minimum atomic E-state index is -1.05. The molecule has 0 aliphatic carbocycles. The van der Waals surface area contributed by atoms with Crippen molar-refractivity contribution in [3.05, 3.63) is 0 Å². The lowest BCUT2D eigenvalue weighted by Gasteiger charge is -2.08. The Labute approximate surface area is 99.7 Å². The van der Waals surface area contributed by atoms with Gasteiger partial charge in [0.15, 0.2) is 0 Å². The molecule has 14 heavy (non-hydrogen) atoms. The highest BCUT2D eigenvalue weighted by atomic mass is 127. The van der Waals surface area contributed by atoms with Crippen LogP contribution in [-0.4, -0.2) is 39.5 Å². The number of halogens is 1. The summed E-state index contributed by atoms with van der Waals surface area (Å²) in [5.74, 6) is -1.14. The van der Waals surface area contributed by atoms with Gasteiger partial charge in [0.25, 0.3) is 0 Å². The highest BCUT2D eigenvalue weighted by Crippen LogP contribution is 2.25. The van der Waals surface area contributed by atoms with Crippen molar-refractivity contribution in [1.29, 1.82) is 0 Å². The van der Waals surface area contributed by atoms with Gasteiger partial charge in [-0.3, -0.25) is 4.79 Å². The number of carboxylic acids is 1. The van der Waals surface area contributed by atoms with Crippen molar-refractivity contribution >= 4 is 46.3 Å². The Bertz CT molecular complexity index is 210. The largest absolute Gasteiger partial charge is 0.479 e. The monoisotopic (exact) mass is 334 g/mol. The lowest BCUT2D eigenvalue weighted by molar-refractivity contribution is -0.177. The first-order valence-electron chi connectivity index (χ1n) is 3.64. The Hall–Kier alpha value is -0.0200. The topological polar surface area (TPSA) is 72.8 Å². The SMILES string of the molecule is CC(=O)OC1CSC(C(=O)O)O1.CI. The maximum absolute atomic E-state index is 10.4. The van der Waals surface area contributed by atoms with Gasteiger partial charge in [0.2, 0.25) is 11.7 Å². The number of hydrogen-bond acceptors (Lipinski definition) is 5. The first-order valence-corrected chi connectivity index (χ1v) is 6.85. The number of ether oxygens (including phenoxy) is 2. The van der Waals surface area contributed by atoms with Crippen LogP contribution in [0.3, 0.4) is 0 Å². The van der Waals surface area contributed by atoms with Crippen LogP contribution in [0, 0.1) is 0 Å². The lowest BCUT2D eigenvalue weighted by Crippen LogP contribution is -2.22. The van der Waals surface area contributed by atoms with Gasteiger partial charge in [-0.1, -0.05) is 22.6 Å². The Morgan fingerprint density at radius 1 is 1.57 bits per heavy atom. The maximum Gasteiger partial charge on any atom is 0.343 e. The fraction of sp³-hybridized carbons (Fsp3) is 0.714. The lowest BCUT2D eigenvalue weighted by atomic mass is 10.7. The molecule has 0 bridgehead atoms. The molecule has 82 valence electrons. The van der Waals surface area contributed by atoms with E-state index in [4.69, 9.17) is 9.84 Å². The standard InChI is InChI=1S/C6H8O5S.CH3I/c1-3(7)10-4-2-12-6(11-4)5(8)9;1-2/h4,6H,2H2,1H3,(H,8,9);1H3. The molecular formula is C7H11IO5S. The van der Waals surface area contributed by atoms with Gasteiger partial charge in [-0.25, -0.2) is 4.79 Å². The zero-order chi connectivity index (χ0) is 11.1. The molecule has 0 aromatic rings. The van der Waals surface area contributed by atoms with Crippen LogP contribution in [0.5, 0.6) is 0 Å². The number of carboxylic acid groups (broad SMARTS) is 1. The molecule has 0 amide bonds. The molecule has 1 aliphatic rings. The average Bonchev–Trinajstić information content (AvgIpc) is 2.55. The zero-order valence-electron chi connectivity index (χ0n) is 7.73. The molecule has 1 saturated heterocycles. The number of esters is 1. The summed E-state index contributed by atoms with van der Waals surface area (Å²) in [6.07, 6.45) is -0.714. The number of carbonyl (C=O) groups is 2. The van der Waals surface area contributed by atoms with Crippen molar-refractivity contribution < 1.29 is 24.2 Å². The predicted octanol–water partition coefficient (Wildman–Crippen LogP) is 1.10. The molecule has 5 nitrogen and oxygen atoms in total. The second-order valence-electron chi connectivity index (χ2n) is 2.18. The minimum Gasteiger partial charge on any atom is -0.479 e. The molecule has 0 aromatic carbocycles. The van der Waals surface area contributed by atoms with E-state index >= 15 is 0 Å². The number of carbonyl (C=O) groups excluding carboxylic acids is 1. The highest BCUT2D eigenvalue weighted by Gasteiger charge is 2.32. The van der Waals surface area contributed by atoms with Crippen molar-refractivity contribution in [2.75, 3.05) is 10.7 Å². The van der Waals surface area contributed by atoms with E-state index in [1.54, 1.807) is 0 Å². The van der Waals surface area contributed by atoms with Crippen molar-refractivity contribution in [3.63, 3.8) is 0 Å². The number of rotatable bonds is 2. The van der Waals surface area contributed by atoms with Crippen LogP contribution in [-0.2, 0) is 19.1 Å². The van der Waals surface area contributed by atoms with Crippen LogP contribution in [0.1, 0.15) is 6.92 Å². The summed E-state index contributed by atoms with van der Waals surface area (Å²) in [7, 11) is 0. The summed E-state index contributed by atoms with van der Waals surface area (Å²) in [5.41, 5.74) is -0.908. The van der Waals surface area contributed by atoms with E-state index in [9.17, 15) is 9.59 Å². The fourth-order valence-corrected chi connectivity index (χ4v) is 1.58. The molecule has 0 radical (unpaired) electrons. The van der Waals surface area contributed by atoms with Gasteiger partial charge < -0.3 is 14.6 Å². The van der Waals surface area contributed by atoms with Gasteiger partial charge in [0, 0.05) is 6.92 Å². The van der Waals surface area contributed by atoms with Crippen molar-refractivity contribution in [2.45, 2.75) is 18.6 Å². The van der Waals surface area contributed by atoms with Gasteiger partial charge in [-0.15, -0.1) is 11.8 Å². The Kier molecular flexibility index (Phi) is 7.28. The Morgan fingerprint density at radius 2 is 2.14 bits per heavy atom. The molecule has 0 saturated carbocycles. The van der Waals surface area contributed by atoms with Crippen LogP contribution in [0.25, 0.3) is 0 Å². The summed E-state index contributed by atoms with van der Waals surface area (Å²) < 4.78 is 9.50. The van der Waals surface area contributed by atoms with E-state index in [2.05, 4.69) is 27.3 Å². The van der Waals surface area contributed by atoms with Crippen molar-refractivity contribution in [1.82, 2.24) is 0 Å². The van der Waals surface area contributed by atoms with Crippen LogP contribution in [0.15, 0.2) is 0 Å². The van der Waals surface area contributed by atoms with Crippen LogP contribution < -0.4 is 0 Å². The molecule has 0 aromatic heterocycles. The van der Waals surface area contributed by atoms with Gasteiger partial charge in [0.1, 0.15) is 0 Å². The van der Waals surface area contributed by atoms with E-state index in [-0.39, 0.29) is 0 Å². The van der Waals surface area contributed by atoms with E-state index in [0.717, 1.165) is 11.8 Å². The van der Waals surface area contributed by atoms with Crippen LogP contribution >= 0.6 is 34.4 Å². The third-order valence-electron chi connectivity index (χ3n) is 1.16. The molecule has 0 spiro atoms. The zero-order valence-corrected chi connectivity index (χ0v) is 10.7. The number of aliphatic carboxylic acids is 1. The fourth-order valence-electron chi connectivity index (χ4n) is 0.759. The Morgan fingerprint density at radius 3 is 2.50 bits per heavy atom. The minimum absolute atomic E-state index is 0.372. The van der Waals surface area contributed by atoms with Gasteiger partial charge >= 0.3 is 11.9 Å². The first-order chi connectivity index (χ1) is 6.59. The number of hydrogen-bond donors (Lipinski definition) is 1. The van der Waals surface area contributed by atoms with Crippen LogP contribution in [0.4, 0.5) is 0 Å². The molecule has 1 fully saturated rings. The van der Waals surface area contributed by atoms with Crippen molar-refractivity contribution in [2.24, 2.45) is 0 Å². The summed E-state index contributed by atoms with van der Waals surface area (Å²) >= 11 is 3.25. The molecule has 1 aliphatic heterocycles. The third-order valence-corrected chi connectivity index (χ3v) is 2.24. The maximum atomic E-state index is 10.4. The third kappa shape index (κ3) is 5.01. The first kappa shape index (κ1) is 14.0. The summed E-state index contributed by atoms with van der Waals surface area (Å²) in [5, 5.41) is 8.48. The van der Waals surface area contributed by atoms with Gasteiger partial charge in [0.05, 0.1) is 5.75 Å². The van der Waals surface area contributed by atoms with Gasteiger partial charge in [-0.05, 0) is 4.93 Å². The van der Waals surface area contributed by atoms with Crippen molar-refractivity contribution in [3.8, 4) is 0 Å². The Balaban J connectivity index is 0.000000791. The molecule has 1 rings (SSSR count). The average molecular weight is 334 g/mol. The molecule has 1 N–H and O–H groups in total. The smallest absolute Gasteiger partial charge is 0.343 e. The van der Waals surface area contributed by atoms with E-state index in [1.165, 1.54) is 6.92 Å². The second kappa shape index (κ2) is 7.30. The summed E-state index contributed by atoms with van der Waals surface area (Å²) in [6, 6.07) is 0. The number of alkyl halides is 1. The molecule has 2 unspecified atom stereocenters. The normalized spacial score (nSPS) is 24.8. The molecule has 7 heteroatoms. The molecular weight excluding hydrogens is 323 g/mol. The van der Waals surface area contributed by atoms with Crippen LogP contribution in [0.2, 0.25) is 0 Å². The number of thioether (sulfide) groups is 1. The second-order valence-corrected chi connectivity index (χ2v) is 3.27. The quantitative estimate of drug-likeness (QED) is 0.463. The molecule has 1 heterocycles. The van der Waals surface area contributed by atoms with E-state index in [1.807, 2.05) is 4.93 Å².